The van der Waals surface area contributed by atoms with Crippen LogP contribution in [-0.4, -0.2) is 73.1 Å². The average Bonchev–Trinajstić information content (AvgIpc) is 3.33. The van der Waals surface area contributed by atoms with Crippen molar-refractivity contribution in [2.45, 2.75) is 11.5 Å². The van der Waals surface area contributed by atoms with Gasteiger partial charge < -0.3 is 4.74 Å². The van der Waals surface area contributed by atoms with Crippen LogP contribution in [-0.2, 0) is 15.1 Å². The lowest BCUT2D eigenvalue weighted by molar-refractivity contribution is -0.163. The molecule has 0 N–H and O–H groups in total. The highest BCUT2D eigenvalue weighted by atomic mass is 16.5. The van der Waals surface area contributed by atoms with E-state index in [4.69, 9.17) is 4.74 Å². The van der Waals surface area contributed by atoms with E-state index in [2.05, 4.69) is 0 Å². The average molecular weight is 484 g/mol. The molecule has 0 unspecified atom stereocenters. The Morgan fingerprint density at radius 2 is 1.44 bits per heavy atom. The predicted molar refractivity (Wildman–Crippen MR) is 132 cm³/mol. The number of methoxy groups -OCH3 is 1. The Hall–Kier alpha value is -4.04. The van der Waals surface area contributed by atoms with Gasteiger partial charge in [-0.1, -0.05) is 48.5 Å². The third kappa shape index (κ3) is 2.28. The number of imide groups is 2. The number of fused-ring (bicyclic) bond motifs is 2. The van der Waals surface area contributed by atoms with Crippen molar-refractivity contribution in [3.8, 4) is 5.75 Å². The van der Waals surface area contributed by atoms with Gasteiger partial charge in [0.05, 0.1) is 7.11 Å². The Morgan fingerprint density at radius 3 is 2.06 bits per heavy atom. The molecule has 1 aliphatic carbocycles. The van der Waals surface area contributed by atoms with E-state index >= 15 is 0 Å². The number of barbiturate groups is 1. The summed E-state index contributed by atoms with van der Waals surface area (Å²) in [4.78, 5) is 60.0. The molecule has 8 nitrogen and oxygen atoms in total. The van der Waals surface area contributed by atoms with Crippen LogP contribution in [0.25, 0.3) is 10.8 Å². The van der Waals surface area contributed by atoms with Crippen LogP contribution < -0.4 is 4.74 Å². The fraction of sp³-hybridized carbons (Fsp3) is 0.286. The normalized spacial score (nSPS) is 25.2. The van der Waals surface area contributed by atoms with E-state index in [9.17, 15) is 19.2 Å². The van der Waals surface area contributed by atoms with E-state index in [1.165, 1.54) is 14.1 Å². The maximum atomic E-state index is 14.6. The summed E-state index contributed by atoms with van der Waals surface area (Å²) >= 11 is 0. The molecule has 3 aliphatic rings. The number of hydrogen-bond acceptors (Lipinski definition) is 6. The maximum Gasteiger partial charge on any atom is 0.332 e. The second kappa shape index (κ2) is 7.24. The van der Waals surface area contributed by atoms with Gasteiger partial charge in [-0.3, -0.25) is 29.1 Å². The van der Waals surface area contributed by atoms with Crippen LogP contribution in [0.3, 0.4) is 0 Å². The number of carbonyl (C=O) groups excluding carboxylic acids is 4. The van der Waals surface area contributed by atoms with Crippen LogP contribution in [0.15, 0.2) is 60.7 Å². The van der Waals surface area contributed by atoms with E-state index < -0.39 is 34.7 Å². The Bertz CT molecular complexity index is 1470. The van der Waals surface area contributed by atoms with Crippen molar-refractivity contribution in [3.63, 3.8) is 0 Å². The van der Waals surface area contributed by atoms with Crippen molar-refractivity contribution >= 4 is 34.4 Å². The van der Waals surface area contributed by atoms with Gasteiger partial charge in [-0.15, -0.1) is 0 Å². The highest BCUT2D eigenvalue weighted by Crippen LogP contribution is 2.65. The van der Waals surface area contributed by atoms with Crippen molar-refractivity contribution < 1.29 is 23.9 Å². The lowest BCUT2D eigenvalue weighted by atomic mass is 9.58. The van der Waals surface area contributed by atoms with Crippen LogP contribution in [0.2, 0.25) is 0 Å². The molecule has 2 fully saturated rings. The van der Waals surface area contributed by atoms with Gasteiger partial charge in [0.1, 0.15) is 11.3 Å². The van der Waals surface area contributed by atoms with E-state index in [0.717, 1.165) is 20.6 Å². The minimum atomic E-state index is -1.89. The molecule has 36 heavy (non-hydrogen) atoms. The number of rotatable bonds is 2. The number of Topliss-reactive ketones (excluding diaryl/α,β-unsaturated/α-hetero) is 1. The van der Waals surface area contributed by atoms with Gasteiger partial charge in [0.25, 0.3) is 0 Å². The van der Waals surface area contributed by atoms with E-state index in [1.54, 1.807) is 32.4 Å². The first-order valence-electron chi connectivity index (χ1n) is 11.7. The molecule has 8 heteroatoms. The topological polar surface area (TPSA) is 87.2 Å². The fourth-order valence-corrected chi connectivity index (χ4v) is 6.84. The lowest BCUT2D eigenvalue weighted by Crippen LogP contribution is -2.72. The van der Waals surface area contributed by atoms with Gasteiger partial charge in [0.15, 0.2) is 11.2 Å². The quantitative estimate of drug-likeness (QED) is 0.521. The zero-order valence-corrected chi connectivity index (χ0v) is 20.4. The molecule has 2 aliphatic heterocycles. The number of likely N-dealkylation sites (N-methyl/N-ethyl adjacent to an activating group) is 1. The van der Waals surface area contributed by atoms with Crippen molar-refractivity contribution in [1.29, 1.82) is 0 Å². The van der Waals surface area contributed by atoms with Crippen LogP contribution >= 0.6 is 0 Å². The van der Waals surface area contributed by atoms with Gasteiger partial charge in [0.2, 0.25) is 11.8 Å². The summed E-state index contributed by atoms with van der Waals surface area (Å²) in [5.74, 6) is -1.70. The first-order chi connectivity index (χ1) is 17.2. The molecule has 0 aromatic heterocycles. The summed E-state index contributed by atoms with van der Waals surface area (Å²) in [6.07, 6.45) is 0. The van der Waals surface area contributed by atoms with E-state index in [0.29, 0.717) is 22.4 Å². The molecule has 6 rings (SSSR count). The summed E-state index contributed by atoms with van der Waals surface area (Å²) in [6, 6.07) is 17.6. The molecule has 0 radical (unpaired) electrons. The first kappa shape index (κ1) is 22.4. The number of ether oxygens (including phenoxy) is 1. The number of carbonyl (C=O) groups is 4. The number of urea groups is 1. The first-order valence-corrected chi connectivity index (χ1v) is 11.7. The van der Waals surface area contributed by atoms with E-state index in [1.807, 2.05) is 47.4 Å². The highest BCUT2D eigenvalue weighted by Gasteiger charge is 2.79. The lowest BCUT2D eigenvalue weighted by Gasteiger charge is -2.50. The van der Waals surface area contributed by atoms with Gasteiger partial charge in [-0.2, -0.15) is 0 Å². The minimum Gasteiger partial charge on any atom is -0.497 e. The standard InChI is InChI=1S/C28H25N3O5/c1-29-15-21(16-11-13-18(36-4)14-12-16)27(24(33)30(2)26(35)31(3)25(27)34)28(29)20-10-6-8-17-7-5-9-19(22(17)20)23(28)32/h5-14,21H,15H2,1-4H3/t21-,28-/m0/s1. The summed E-state index contributed by atoms with van der Waals surface area (Å²) in [5.41, 5.74) is -1.69. The van der Waals surface area contributed by atoms with Crippen LogP contribution in [0, 0.1) is 5.41 Å². The van der Waals surface area contributed by atoms with Gasteiger partial charge in [-0.25, -0.2) is 4.79 Å². The van der Waals surface area contributed by atoms with Crippen molar-refractivity contribution in [1.82, 2.24) is 14.7 Å². The number of nitrogens with zero attached hydrogens (tertiary/aromatic N) is 3. The third-order valence-corrected chi connectivity index (χ3v) is 8.37. The maximum absolute atomic E-state index is 14.6. The number of ketones is 1. The molecule has 2 atom stereocenters. The van der Waals surface area contributed by atoms with Gasteiger partial charge in [-0.05, 0) is 41.1 Å². The Labute approximate surface area is 208 Å². The SMILES string of the molecule is COc1ccc([C@@H]2CN(C)[C@@]3(C(=O)c4cccc5cccc3c45)C23C(=O)N(C)C(=O)N(C)C3=O)cc1. The van der Waals surface area contributed by atoms with Crippen LogP contribution in [0.4, 0.5) is 4.79 Å². The van der Waals surface area contributed by atoms with Crippen molar-refractivity contribution in [2.75, 3.05) is 34.8 Å². The summed E-state index contributed by atoms with van der Waals surface area (Å²) in [6.45, 7) is 0.260. The summed E-state index contributed by atoms with van der Waals surface area (Å²) < 4.78 is 5.31. The fourth-order valence-electron chi connectivity index (χ4n) is 6.84. The minimum absolute atomic E-state index is 0.260. The number of likely N-dealkylation sites (tertiary alicyclic amines) is 1. The molecule has 2 heterocycles. The Kier molecular flexibility index (Phi) is 4.51. The van der Waals surface area contributed by atoms with Gasteiger partial charge >= 0.3 is 6.03 Å². The smallest absolute Gasteiger partial charge is 0.332 e. The monoisotopic (exact) mass is 483 g/mol. The second-order valence-electron chi connectivity index (χ2n) is 9.77. The largest absolute Gasteiger partial charge is 0.497 e. The van der Waals surface area contributed by atoms with Crippen LogP contribution in [0.5, 0.6) is 5.75 Å². The zero-order valence-electron chi connectivity index (χ0n) is 20.4. The number of amides is 4. The molecular weight excluding hydrogens is 458 g/mol. The Balaban J connectivity index is 1.73. The number of benzene rings is 3. The molecule has 3 aromatic rings. The van der Waals surface area contributed by atoms with Gasteiger partial charge in [0, 0.05) is 32.1 Å². The van der Waals surface area contributed by atoms with E-state index in [-0.39, 0.29) is 12.3 Å². The third-order valence-electron chi connectivity index (χ3n) is 8.37. The molecule has 3 aromatic carbocycles. The zero-order chi connectivity index (χ0) is 25.6. The Morgan fingerprint density at radius 1 is 0.833 bits per heavy atom. The molecular formula is C28H25N3O5. The van der Waals surface area contributed by atoms with Crippen molar-refractivity contribution in [3.05, 3.63) is 77.4 Å². The van der Waals surface area contributed by atoms with Crippen molar-refractivity contribution in [2.24, 2.45) is 5.41 Å². The number of hydrogen-bond donors (Lipinski definition) is 0. The second-order valence-corrected chi connectivity index (χ2v) is 9.77. The molecule has 4 amide bonds. The molecule has 182 valence electrons. The summed E-state index contributed by atoms with van der Waals surface area (Å²) in [5, 5.41) is 1.61. The summed E-state index contributed by atoms with van der Waals surface area (Å²) in [7, 11) is 6.09. The predicted octanol–water partition coefficient (Wildman–Crippen LogP) is 3.01. The van der Waals surface area contributed by atoms with Crippen LogP contribution in [0.1, 0.15) is 27.4 Å². The molecule has 0 bridgehead atoms. The highest BCUT2D eigenvalue weighted by molar-refractivity contribution is 6.29. The molecule has 0 saturated carbocycles. The molecule has 2 spiro atoms. The molecule has 2 saturated heterocycles.